The van der Waals surface area contributed by atoms with Gasteiger partial charge in [0, 0.05) is 0 Å². The first kappa shape index (κ1) is 24.6. The van der Waals surface area contributed by atoms with Gasteiger partial charge in [0.15, 0.2) is 0 Å². The fraction of sp³-hybridized carbons (Fsp3) is 0.700. The average molecular weight is 173 g/mol. The van der Waals surface area contributed by atoms with Gasteiger partial charge in [-0.15, -0.1) is 0 Å². The Morgan fingerprint density at radius 2 is 1.93 bits per heavy atom. The normalized spacial score (nSPS) is 10.1. The summed E-state index contributed by atoms with van der Waals surface area (Å²) in [6.45, 7) is 12.9. The Morgan fingerprint density at radius 1 is 1.36 bits per heavy atom. The van der Waals surface area contributed by atoms with Crippen molar-refractivity contribution in [2.24, 2.45) is 5.92 Å². The van der Waals surface area contributed by atoms with Crippen molar-refractivity contribution in [2.45, 2.75) is 26.2 Å². The predicted octanol–water partition coefficient (Wildman–Crippen LogP) is -6.00. The van der Waals surface area contributed by atoms with Crippen molar-refractivity contribution in [2.75, 3.05) is 13.1 Å². The summed E-state index contributed by atoms with van der Waals surface area (Å²) in [5.74, 6) is 0.481. The fourth-order valence-corrected chi connectivity index (χ4v) is 0.916. The molecule has 0 aliphatic heterocycles. The molecule has 0 aliphatic carbocycles. The molecule has 0 aliphatic rings. The SMILES string of the molecule is [CH-]=CC[N-]CC([CH2-])CCCC.[Li+].[Li+].[Li+]. The molecule has 0 N–H and O–H groups in total. The van der Waals surface area contributed by atoms with Crippen molar-refractivity contribution in [3.63, 3.8) is 0 Å². The molecule has 1 unspecified atom stereocenters. The zero-order valence-electron chi connectivity index (χ0n) is 10.4. The van der Waals surface area contributed by atoms with Gasteiger partial charge in [0.1, 0.15) is 0 Å². The molecule has 0 heterocycles. The van der Waals surface area contributed by atoms with Crippen molar-refractivity contribution in [1.29, 1.82) is 0 Å². The summed E-state index contributed by atoms with van der Waals surface area (Å²) in [7, 11) is 0. The zero-order chi connectivity index (χ0) is 8.53. The summed E-state index contributed by atoms with van der Waals surface area (Å²) in [6.07, 6.45) is 5.27. The van der Waals surface area contributed by atoms with Crippen LogP contribution in [0.5, 0.6) is 0 Å². The Hall–Kier alpha value is 1.49. The van der Waals surface area contributed by atoms with E-state index in [1.807, 2.05) is 0 Å². The molecule has 0 aromatic carbocycles. The quantitative estimate of drug-likeness (QED) is 0.207. The molecular weight excluding hydrogens is 155 g/mol. The van der Waals surface area contributed by atoms with Gasteiger partial charge in [-0.25, -0.2) is 0 Å². The molecule has 0 fully saturated rings. The first-order valence-corrected chi connectivity index (χ1v) is 4.31. The first-order chi connectivity index (χ1) is 5.31. The molecule has 0 aromatic rings. The molecule has 0 rings (SSSR count). The average Bonchev–Trinajstić information content (AvgIpc) is 2.01. The van der Waals surface area contributed by atoms with Crippen molar-refractivity contribution in [3.05, 3.63) is 24.9 Å². The summed E-state index contributed by atoms with van der Waals surface area (Å²) in [5.41, 5.74) is 0. The Bertz CT molecular complexity index is 99.4. The minimum atomic E-state index is 0. The molecule has 0 bridgehead atoms. The third-order valence-corrected chi connectivity index (χ3v) is 1.59. The van der Waals surface area contributed by atoms with Crippen LogP contribution in [0.4, 0.5) is 0 Å². The number of nitrogens with zero attached hydrogens (tertiary/aromatic N) is 1. The van der Waals surface area contributed by atoms with Crippen LogP contribution in [0.15, 0.2) is 6.08 Å². The van der Waals surface area contributed by atoms with Gasteiger partial charge >= 0.3 is 56.6 Å². The molecule has 66 valence electrons. The second-order valence-electron chi connectivity index (χ2n) is 2.83. The van der Waals surface area contributed by atoms with E-state index in [4.69, 9.17) is 6.58 Å². The van der Waals surface area contributed by atoms with Crippen LogP contribution < -0.4 is 56.6 Å². The summed E-state index contributed by atoms with van der Waals surface area (Å²) in [6, 6.07) is 0. The Kier molecular flexibility index (Phi) is 35.2. The maximum Gasteiger partial charge on any atom is 1.00 e. The standard InChI is InChI=1S/C10H18N.3Li/c1-4-6-7-10(3)9-11-8-5-2;;;/h2,5,10H,3-4,6-9H2,1H3;;;/q-3;3*+1. The third kappa shape index (κ3) is 19.1. The van der Waals surface area contributed by atoms with Gasteiger partial charge in [-0.05, 0) is 0 Å². The van der Waals surface area contributed by atoms with Gasteiger partial charge in [-0.2, -0.15) is 19.0 Å². The Labute approximate surface area is 126 Å². The molecule has 0 amide bonds. The van der Waals surface area contributed by atoms with E-state index >= 15 is 0 Å². The molecule has 0 saturated heterocycles. The number of hydrogen-bond acceptors (Lipinski definition) is 0. The number of hydrogen-bond donors (Lipinski definition) is 0. The van der Waals surface area contributed by atoms with E-state index in [-0.39, 0.29) is 56.6 Å². The van der Waals surface area contributed by atoms with Crippen LogP contribution in [0.25, 0.3) is 5.32 Å². The van der Waals surface area contributed by atoms with Crippen molar-refractivity contribution >= 4 is 0 Å². The summed E-state index contributed by atoms with van der Waals surface area (Å²) >= 11 is 0. The smallest absolute Gasteiger partial charge is 0.663 e. The van der Waals surface area contributed by atoms with Crippen molar-refractivity contribution in [1.82, 2.24) is 0 Å². The van der Waals surface area contributed by atoms with Crippen LogP contribution in [0.1, 0.15) is 26.2 Å². The van der Waals surface area contributed by atoms with Crippen LogP contribution in [0.2, 0.25) is 0 Å². The van der Waals surface area contributed by atoms with Crippen LogP contribution in [0.3, 0.4) is 0 Å². The minimum Gasteiger partial charge on any atom is -0.663 e. The maximum atomic E-state index is 5.18. The predicted molar refractivity (Wildman–Crippen MR) is 50.3 cm³/mol. The van der Waals surface area contributed by atoms with Gasteiger partial charge in [-0.3, -0.25) is 6.08 Å². The maximum absolute atomic E-state index is 5.18. The van der Waals surface area contributed by atoms with Gasteiger partial charge in [0.25, 0.3) is 0 Å². The Morgan fingerprint density at radius 3 is 2.36 bits per heavy atom. The molecule has 4 heteroatoms. The number of rotatable bonds is 7. The number of unbranched alkanes of at least 4 members (excludes halogenated alkanes) is 1. The molecule has 1 nitrogen and oxygen atoms in total. The topological polar surface area (TPSA) is 14.1 Å². The van der Waals surface area contributed by atoms with Gasteiger partial charge < -0.3 is 18.8 Å². The van der Waals surface area contributed by atoms with Crippen molar-refractivity contribution < 1.29 is 56.6 Å². The molecule has 0 aromatic heterocycles. The second kappa shape index (κ2) is 20.0. The van der Waals surface area contributed by atoms with Gasteiger partial charge in [-0.1, -0.05) is 26.2 Å². The molecule has 0 radical (unpaired) electrons. The van der Waals surface area contributed by atoms with Crippen LogP contribution in [0, 0.1) is 19.4 Å². The van der Waals surface area contributed by atoms with E-state index in [1.54, 1.807) is 6.08 Å². The summed E-state index contributed by atoms with van der Waals surface area (Å²) < 4.78 is 0. The van der Waals surface area contributed by atoms with Crippen LogP contribution >= 0.6 is 0 Å². The molecule has 1 atom stereocenters. The van der Waals surface area contributed by atoms with E-state index in [2.05, 4.69) is 19.2 Å². The Balaban J connectivity index is -0.000000167. The largest absolute Gasteiger partial charge is 1.00 e. The first-order valence-electron chi connectivity index (χ1n) is 4.31. The van der Waals surface area contributed by atoms with E-state index in [0.717, 1.165) is 6.54 Å². The van der Waals surface area contributed by atoms with Crippen LogP contribution in [-0.2, 0) is 0 Å². The van der Waals surface area contributed by atoms with Crippen LogP contribution in [-0.4, -0.2) is 13.1 Å². The van der Waals surface area contributed by atoms with Crippen molar-refractivity contribution in [3.8, 4) is 0 Å². The van der Waals surface area contributed by atoms with E-state index in [0.29, 0.717) is 12.5 Å². The monoisotopic (exact) mass is 173 g/mol. The van der Waals surface area contributed by atoms with Gasteiger partial charge in [0.05, 0.1) is 0 Å². The van der Waals surface area contributed by atoms with E-state index in [9.17, 15) is 0 Å². The fourth-order valence-electron chi connectivity index (χ4n) is 0.916. The van der Waals surface area contributed by atoms with Gasteiger partial charge in [0.2, 0.25) is 0 Å². The molecular formula is C10H18Li3N. The summed E-state index contributed by atoms with van der Waals surface area (Å²) in [5, 5.41) is 4.20. The second-order valence-corrected chi connectivity index (χ2v) is 2.83. The minimum absolute atomic E-state index is 0. The molecule has 14 heavy (non-hydrogen) atoms. The third-order valence-electron chi connectivity index (χ3n) is 1.59. The summed E-state index contributed by atoms with van der Waals surface area (Å²) in [4.78, 5) is 0. The zero-order valence-corrected chi connectivity index (χ0v) is 10.4. The molecule has 0 spiro atoms. The molecule has 0 saturated carbocycles. The van der Waals surface area contributed by atoms with E-state index in [1.165, 1.54) is 19.3 Å². The van der Waals surface area contributed by atoms with E-state index < -0.39 is 0 Å².